The molecule has 72 valence electrons. The van der Waals surface area contributed by atoms with Gasteiger partial charge in [-0.25, -0.2) is 4.99 Å². The van der Waals surface area contributed by atoms with Gasteiger partial charge in [-0.15, -0.1) is 0 Å². The van der Waals surface area contributed by atoms with Crippen LogP contribution in [0.5, 0.6) is 0 Å². The number of rotatable bonds is 4. The number of hydrogen-bond donors (Lipinski definition) is 1. The van der Waals surface area contributed by atoms with Gasteiger partial charge in [0.05, 0.1) is 6.04 Å². The van der Waals surface area contributed by atoms with Crippen molar-refractivity contribution in [3.63, 3.8) is 0 Å². The second-order valence-corrected chi connectivity index (χ2v) is 3.64. The van der Waals surface area contributed by atoms with Gasteiger partial charge in [0.2, 0.25) is 0 Å². The van der Waals surface area contributed by atoms with Crippen LogP contribution in [-0.4, -0.2) is 29.6 Å². The monoisotopic (exact) mass is 183 g/mol. The van der Waals surface area contributed by atoms with Crippen molar-refractivity contribution < 1.29 is 14.6 Å². The Morgan fingerprint density at radius 2 is 2.38 bits per heavy atom. The normalized spacial score (nSPS) is 26.8. The Kier molecular flexibility index (Phi) is 2.20. The minimum atomic E-state index is -0.755. The van der Waals surface area contributed by atoms with E-state index in [0.717, 1.165) is 5.90 Å². The molecule has 1 saturated carbocycles. The number of ether oxygens (including phenoxy) is 1. The summed E-state index contributed by atoms with van der Waals surface area (Å²) in [6, 6.07) is 0.0895. The summed E-state index contributed by atoms with van der Waals surface area (Å²) in [6.45, 7) is 0.582. The lowest BCUT2D eigenvalue weighted by molar-refractivity contribution is -0.137. The molecule has 1 fully saturated rings. The van der Waals surface area contributed by atoms with E-state index >= 15 is 0 Å². The maximum atomic E-state index is 10.3. The standard InChI is InChI=1S/C9H13NO3/c11-8(12)4-3-7-5-13-9(10-7)6-1-2-6/h6-7H,1-5H2,(H,11,12). The number of carboxylic acid groups (broad SMARTS) is 1. The van der Waals surface area contributed by atoms with Crippen molar-refractivity contribution in [1.29, 1.82) is 0 Å². The fraction of sp³-hybridized carbons (Fsp3) is 0.778. The van der Waals surface area contributed by atoms with Crippen molar-refractivity contribution in [3.05, 3.63) is 0 Å². The maximum Gasteiger partial charge on any atom is 0.303 e. The topological polar surface area (TPSA) is 58.9 Å². The summed E-state index contributed by atoms with van der Waals surface area (Å²) in [4.78, 5) is 14.6. The zero-order chi connectivity index (χ0) is 9.26. The Bertz CT molecular complexity index is 245. The molecule has 0 aromatic heterocycles. The minimum absolute atomic E-state index is 0.0895. The summed E-state index contributed by atoms with van der Waals surface area (Å²) < 4.78 is 5.38. The predicted octanol–water partition coefficient (Wildman–Crippen LogP) is 1.06. The van der Waals surface area contributed by atoms with E-state index in [2.05, 4.69) is 4.99 Å². The average molecular weight is 183 g/mol. The lowest BCUT2D eigenvalue weighted by Gasteiger charge is -2.00. The van der Waals surface area contributed by atoms with Crippen molar-refractivity contribution in [1.82, 2.24) is 0 Å². The third-order valence-electron chi connectivity index (χ3n) is 2.35. The molecule has 1 atom stereocenters. The number of aliphatic carboxylic acids is 1. The Hall–Kier alpha value is -1.06. The molecule has 1 N–H and O–H groups in total. The molecule has 13 heavy (non-hydrogen) atoms. The summed E-state index contributed by atoms with van der Waals surface area (Å²) in [6.07, 6.45) is 3.16. The molecule has 1 aliphatic carbocycles. The Labute approximate surface area is 76.6 Å². The molecule has 0 radical (unpaired) electrons. The molecule has 0 spiro atoms. The lowest BCUT2D eigenvalue weighted by Crippen LogP contribution is -2.08. The molecule has 0 amide bonds. The molecule has 0 saturated heterocycles. The van der Waals surface area contributed by atoms with E-state index in [4.69, 9.17) is 9.84 Å². The zero-order valence-electron chi connectivity index (χ0n) is 7.40. The molecule has 1 unspecified atom stereocenters. The first kappa shape index (κ1) is 8.53. The van der Waals surface area contributed by atoms with Crippen LogP contribution in [0.4, 0.5) is 0 Å². The van der Waals surface area contributed by atoms with Gasteiger partial charge in [-0.05, 0) is 19.3 Å². The fourth-order valence-electron chi connectivity index (χ4n) is 1.43. The average Bonchev–Trinajstić information content (AvgIpc) is 2.83. The SMILES string of the molecule is O=C(O)CCC1COC(C2CC2)=N1. The van der Waals surface area contributed by atoms with Crippen LogP contribution in [-0.2, 0) is 9.53 Å². The molecular weight excluding hydrogens is 170 g/mol. The van der Waals surface area contributed by atoms with Gasteiger partial charge in [0, 0.05) is 12.3 Å². The Morgan fingerprint density at radius 1 is 1.62 bits per heavy atom. The number of carboxylic acids is 1. The Balaban J connectivity index is 1.79. The lowest BCUT2D eigenvalue weighted by atomic mass is 10.2. The molecular formula is C9H13NO3. The van der Waals surface area contributed by atoms with E-state index in [1.54, 1.807) is 0 Å². The fourth-order valence-corrected chi connectivity index (χ4v) is 1.43. The molecule has 2 aliphatic rings. The van der Waals surface area contributed by atoms with Crippen LogP contribution in [0, 0.1) is 5.92 Å². The van der Waals surface area contributed by atoms with E-state index in [0.29, 0.717) is 18.9 Å². The van der Waals surface area contributed by atoms with Crippen LogP contribution in [0.25, 0.3) is 0 Å². The van der Waals surface area contributed by atoms with Gasteiger partial charge in [-0.3, -0.25) is 4.79 Å². The van der Waals surface area contributed by atoms with Gasteiger partial charge in [0.25, 0.3) is 0 Å². The van der Waals surface area contributed by atoms with E-state index < -0.39 is 5.97 Å². The van der Waals surface area contributed by atoms with Gasteiger partial charge in [-0.1, -0.05) is 0 Å². The van der Waals surface area contributed by atoms with Crippen LogP contribution in [0.1, 0.15) is 25.7 Å². The van der Waals surface area contributed by atoms with Crippen LogP contribution < -0.4 is 0 Å². The first-order chi connectivity index (χ1) is 6.25. The zero-order valence-corrected chi connectivity index (χ0v) is 7.40. The largest absolute Gasteiger partial charge is 0.481 e. The first-order valence-electron chi connectivity index (χ1n) is 4.68. The van der Waals surface area contributed by atoms with Crippen LogP contribution >= 0.6 is 0 Å². The third kappa shape index (κ3) is 2.20. The van der Waals surface area contributed by atoms with E-state index in [1.165, 1.54) is 12.8 Å². The van der Waals surface area contributed by atoms with E-state index in [-0.39, 0.29) is 12.5 Å². The molecule has 0 bridgehead atoms. The first-order valence-corrected chi connectivity index (χ1v) is 4.68. The molecule has 1 heterocycles. The summed E-state index contributed by atoms with van der Waals surface area (Å²) >= 11 is 0. The van der Waals surface area contributed by atoms with Gasteiger partial charge in [-0.2, -0.15) is 0 Å². The number of hydrogen-bond acceptors (Lipinski definition) is 3. The van der Waals surface area contributed by atoms with Crippen molar-refractivity contribution in [2.24, 2.45) is 10.9 Å². The van der Waals surface area contributed by atoms with Gasteiger partial charge in [0.1, 0.15) is 6.61 Å². The van der Waals surface area contributed by atoms with Crippen molar-refractivity contribution in [3.8, 4) is 0 Å². The number of aliphatic imine (C=N–C) groups is 1. The van der Waals surface area contributed by atoms with Crippen molar-refractivity contribution in [2.45, 2.75) is 31.7 Å². The highest BCUT2D eigenvalue weighted by Gasteiger charge is 2.33. The molecule has 1 aliphatic heterocycles. The molecule has 4 heteroatoms. The van der Waals surface area contributed by atoms with Crippen LogP contribution in [0.15, 0.2) is 4.99 Å². The van der Waals surface area contributed by atoms with Crippen LogP contribution in [0.2, 0.25) is 0 Å². The highest BCUT2D eigenvalue weighted by atomic mass is 16.5. The van der Waals surface area contributed by atoms with E-state index in [1.807, 2.05) is 0 Å². The number of nitrogens with zero attached hydrogens (tertiary/aromatic N) is 1. The molecule has 4 nitrogen and oxygen atoms in total. The maximum absolute atomic E-state index is 10.3. The second-order valence-electron chi connectivity index (χ2n) is 3.64. The van der Waals surface area contributed by atoms with Gasteiger partial charge in [0.15, 0.2) is 5.90 Å². The van der Waals surface area contributed by atoms with Gasteiger partial charge < -0.3 is 9.84 Å². The quantitative estimate of drug-likeness (QED) is 0.708. The minimum Gasteiger partial charge on any atom is -0.481 e. The summed E-state index contributed by atoms with van der Waals surface area (Å²) in [5.74, 6) is 0.667. The van der Waals surface area contributed by atoms with E-state index in [9.17, 15) is 4.79 Å². The summed E-state index contributed by atoms with van der Waals surface area (Å²) in [5.41, 5.74) is 0. The highest BCUT2D eigenvalue weighted by molar-refractivity contribution is 5.82. The van der Waals surface area contributed by atoms with Crippen LogP contribution in [0.3, 0.4) is 0 Å². The molecule has 0 aromatic carbocycles. The smallest absolute Gasteiger partial charge is 0.303 e. The predicted molar refractivity (Wildman–Crippen MR) is 46.8 cm³/mol. The molecule has 0 aromatic rings. The summed E-state index contributed by atoms with van der Waals surface area (Å²) in [7, 11) is 0. The summed E-state index contributed by atoms with van der Waals surface area (Å²) in [5, 5.41) is 8.47. The van der Waals surface area contributed by atoms with Gasteiger partial charge >= 0.3 is 5.97 Å². The van der Waals surface area contributed by atoms with Crippen molar-refractivity contribution >= 4 is 11.9 Å². The second kappa shape index (κ2) is 3.36. The third-order valence-corrected chi connectivity index (χ3v) is 2.35. The number of carbonyl (C=O) groups is 1. The van der Waals surface area contributed by atoms with Crippen molar-refractivity contribution in [2.75, 3.05) is 6.61 Å². The highest BCUT2D eigenvalue weighted by Crippen LogP contribution is 2.33. The Morgan fingerprint density at radius 3 is 3.00 bits per heavy atom. The molecule has 2 rings (SSSR count).